The van der Waals surface area contributed by atoms with Crippen molar-refractivity contribution in [2.45, 2.75) is 45.1 Å². The van der Waals surface area contributed by atoms with Crippen LogP contribution in [0.2, 0.25) is 0 Å². The summed E-state index contributed by atoms with van der Waals surface area (Å²) in [5.74, 6) is -0.117. The molecule has 0 aliphatic carbocycles. The average molecular weight is 438 g/mol. The number of benzene rings is 1. The lowest BCUT2D eigenvalue weighted by Crippen LogP contribution is -2.28. The number of anilines is 1. The van der Waals surface area contributed by atoms with Gasteiger partial charge in [-0.1, -0.05) is 55.3 Å². The van der Waals surface area contributed by atoms with Crippen LogP contribution in [0.15, 0.2) is 40.1 Å². The summed E-state index contributed by atoms with van der Waals surface area (Å²) in [6.07, 6.45) is 6.31. The molecule has 1 unspecified atom stereocenters. The van der Waals surface area contributed by atoms with Crippen molar-refractivity contribution in [3.8, 4) is 5.82 Å². The van der Waals surface area contributed by atoms with Gasteiger partial charge in [0.15, 0.2) is 5.69 Å². The Kier molecular flexibility index (Phi) is 6.85. The predicted molar refractivity (Wildman–Crippen MR) is 118 cm³/mol. The third-order valence-electron chi connectivity index (χ3n) is 5.54. The summed E-state index contributed by atoms with van der Waals surface area (Å²) in [5.41, 5.74) is 10.3. The summed E-state index contributed by atoms with van der Waals surface area (Å²) in [6.45, 7) is 4.36. The van der Waals surface area contributed by atoms with Crippen molar-refractivity contribution in [2.75, 3.05) is 18.8 Å². The van der Waals surface area contributed by atoms with Gasteiger partial charge in [-0.15, -0.1) is 5.10 Å². The van der Waals surface area contributed by atoms with E-state index in [0.29, 0.717) is 12.2 Å². The van der Waals surface area contributed by atoms with Crippen LogP contribution in [0.3, 0.4) is 0 Å². The van der Waals surface area contributed by atoms with E-state index in [1.165, 1.54) is 17.5 Å². The Labute approximate surface area is 185 Å². The number of amides is 1. The number of aromatic nitrogens is 5. The van der Waals surface area contributed by atoms with Crippen molar-refractivity contribution >= 4 is 17.9 Å². The Bertz CT molecular complexity index is 1050. The zero-order chi connectivity index (χ0) is 22.3. The third-order valence-corrected chi connectivity index (χ3v) is 5.54. The molecule has 0 saturated carbocycles. The van der Waals surface area contributed by atoms with Crippen LogP contribution in [0.5, 0.6) is 0 Å². The summed E-state index contributed by atoms with van der Waals surface area (Å²) < 4.78 is 6.14. The van der Waals surface area contributed by atoms with E-state index < -0.39 is 5.91 Å². The molecule has 1 saturated heterocycles. The molecule has 0 radical (unpaired) electrons. The van der Waals surface area contributed by atoms with Gasteiger partial charge in [-0.25, -0.2) is 10.1 Å². The molecule has 2 aromatic heterocycles. The van der Waals surface area contributed by atoms with Gasteiger partial charge in [-0.2, -0.15) is 9.78 Å². The number of hydrogen-bond acceptors (Lipinski definition) is 9. The molecule has 4 rings (SSSR count). The molecule has 1 aliphatic rings. The number of carbonyl (C=O) groups excluding carboxylic acids is 1. The Morgan fingerprint density at radius 2 is 1.97 bits per heavy atom. The van der Waals surface area contributed by atoms with Gasteiger partial charge in [-0.3, -0.25) is 9.69 Å². The number of nitrogen functional groups attached to an aromatic ring is 1. The molecule has 1 fully saturated rings. The molecule has 32 heavy (non-hydrogen) atoms. The largest absolute Gasteiger partial charge is 0.378 e. The molecule has 1 atom stereocenters. The standard InChI is InChI=1S/C21H27N9O2/c1-15(16-9-5-4-6-10-16)13-23-25-21(31)18-17(14-29-11-7-2-3-8-12-29)30(28-24-18)20-19(22)26-32-27-20/h4-6,9-10,13,15H,2-3,7-8,11-12,14H2,1H3,(H2,22,26)(H,25,31). The quantitative estimate of drug-likeness (QED) is 0.423. The summed E-state index contributed by atoms with van der Waals surface area (Å²) >= 11 is 0. The maximum absolute atomic E-state index is 12.9. The summed E-state index contributed by atoms with van der Waals surface area (Å²) in [7, 11) is 0. The molecular weight excluding hydrogens is 410 g/mol. The molecule has 3 aromatic rings. The van der Waals surface area contributed by atoms with E-state index in [1.807, 2.05) is 37.3 Å². The van der Waals surface area contributed by atoms with Crippen LogP contribution >= 0.6 is 0 Å². The fourth-order valence-corrected chi connectivity index (χ4v) is 3.74. The van der Waals surface area contributed by atoms with Crippen LogP contribution in [-0.2, 0) is 6.54 Å². The Morgan fingerprint density at radius 1 is 1.22 bits per heavy atom. The first-order valence-electron chi connectivity index (χ1n) is 10.8. The van der Waals surface area contributed by atoms with Crippen molar-refractivity contribution in [2.24, 2.45) is 5.10 Å². The van der Waals surface area contributed by atoms with Crippen molar-refractivity contribution in [3.63, 3.8) is 0 Å². The number of nitrogens with zero attached hydrogens (tertiary/aromatic N) is 7. The third kappa shape index (κ3) is 4.99. The molecule has 0 spiro atoms. The molecule has 3 heterocycles. The zero-order valence-electron chi connectivity index (χ0n) is 18.0. The molecular formula is C21H27N9O2. The minimum Gasteiger partial charge on any atom is -0.378 e. The van der Waals surface area contributed by atoms with Gasteiger partial charge in [0.1, 0.15) is 0 Å². The zero-order valence-corrected chi connectivity index (χ0v) is 18.0. The predicted octanol–water partition coefficient (Wildman–Crippen LogP) is 2.13. The van der Waals surface area contributed by atoms with Gasteiger partial charge in [-0.05, 0) is 41.8 Å². The van der Waals surface area contributed by atoms with Gasteiger partial charge in [0.25, 0.3) is 5.91 Å². The minimum absolute atomic E-state index is 0.0461. The maximum Gasteiger partial charge on any atom is 0.293 e. The monoisotopic (exact) mass is 437 g/mol. The number of likely N-dealkylation sites (tertiary alicyclic amines) is 1. The lowest BCUT2D eigenvalue weighted by molar-refractivity contribution is 0.0947. The molecule has 1 aliphatic heterocycles. The van der Waals surface area contributed by atoms with Crippen LogP contribution in [0.1, 0.15) is 60.3 Å². The van der Waals surface area contributed by atoms with E-state index in [1.54, 1.807) is 6.21 Å². The first-order chi connectivity index (χ1) is 15.6. The fraction of sp³-hybridized carbons (Fsp3) is 0.429. The Hall–Kier alpha value is -3.60. The summed E-state index contributed by atoms with van der Waals surface area (Å²) in [5, 5.41) is 19.8. The molecule has 1 amide bonds. The molecule has 11 heteroatoms. The van der Waals surface area contributed by atoms with E-state index in [4.69, 9.17) is 10.4 Å². The van der Waals surface area contributed by atoms with Crippen LogP contribution in [0.4, 0.5) is 5.82 Å². The van der Waals surface area contributed by atoms with Crippen molar-refractivity contribution < 1.29 is 9.42 Å². The van der Waals surface area contributed by atoms with E-state index >= 15 is 0 Å². The number of hydrazone groups is 1. The Balaban J connectivity index is 1.54. The second-order valence-corrected chi connectivity index (χ2v) is 7.88. The van der Waals surface area contributed by atoms with E-state index in [2.05, 4.69) is 36.1 Å². The second kappa shape index (κ2) is 10.1. The molecule has 168 valence electrons. The molecule has 1 aromatic carbocycles. The molecule has 11 nitrogen and oxygen atoms in total. The highest BCUT2D eigenvalue weighted by atomic mass is 16.6. The van der Waals surface area contributed by atoms with Gasteiger partial charge < -0.3 is 5.73 Å². The van der Waals surface area contributed by atoms with Gasteiger partial charge in [0.05, 0.1) is 5.69 Å². The number of hydrogen-bond donors (Lipinski definition) is 2. The fourth-order valence-electron chi connectivity index (χ4n) is 3.74. The minimum atomic E-state index is -0.451. The van der Waals surface area contributed by atoms with E-state index in [-0.39, 0.29) is 23.2 Å². The maximum atomic E-state index is 12.9. The van der Waals surface area contributed by atoms with E-state index in [9.17, 15) is 4.79 Å². The number of nitrogens with one attached hydrogen (secondary N) is 1. The second-order valence-electron chi connectivity index (χ2n) is 7.88. The average Bonchev–Trinajstić information content (AvgIpc) is 3.31. The molecule has 3 N–H and O–H groups in total. The first kappa shape index (κ1) is 21.6. The summed E-state index contributed by atoms with van der Waals surface area (Å²) in [4.78, 5) is 15.2. The van der Waals surface area contributed by atoms with Gasteiger partial charge in [0, 0.05) is 18.7 Å². The van der Waals surface area contributed by atoms with Crippen LogP contribution < -0.4 is 11.2 Å². The summed E-state index contributed by atoms with van der Waals surface area (Å²) in [6, 6.07) is 9.92. The normalized spacial score (nSPS) is 16.2. The van der Waals surface area contributed by atoms with Gasteiger partial charge in [0.2, 0.25) is 11.6 Å². The van der Waals surface area contributed by atoms with E-state index in [0.717, 1.165) is 31.5 Å². The SMILES string of the molecule is CC(C=NNC(=O)c1nnn(-c2nonc2N)c1CN1CCCCCC1)c1ccccc1. The topological polar surface area (TPSA) is 140 Å². The highest BCUT2D eigenvalue weighted by Gasteiger charge is 2.25. The highest BCUT2D eigenvalue weighted by Crippen LogP contribution is 2.20. The van der Waals surface area contributed by atoms with Crippen LogP contribution in [-0.4, -0.2) is 55.4 Å². The van der Waals surface area contributed by atoms with Crippen molar-refractivity contribution in [1.29, 1.82) is 0 Å². The van der Waals surface area contributed by atoms with Crippen LogP contribution in [0.25, 0.3) is 5.82 Å². The van der Waals surface area contributed by atoms with Crippen molar-refractivity contribution in [3.05, 3.63) is 47.3 Å². The Morgan fingerprint density at radius 3 is 2.66 bits per heavy atom. The van der Waals surface area contributed by atoms with Crippen LogP contribution in [0, 0.1) is 0 Å². The highest BCUT2D eigenvalue weighted by molar-refractivity contribution is 5.93. The lowest BCUT2D eigenvalue weighted by Gasteiger charge is -2.20. The lowest BCUT2D eigenvalue weighted by atomic mass is 10.0. The first-order valence-corrected chi connectivity index (χ1v) is 10.8. The number of nitrogens with two attached hydrogens (primary N) is 1. The molecule has 0 bridgehead atoms. The van der Waals surface area contributed by atoms with Gasteiger partial charge >= 0.3 is 0 Å². The number of carbonyl (C=O) groups is 1. The number of rotatable bonds is 7. The smallest absolute Gasteiger partial charge is 0.293 e. The van der Waals surface area contributed by atoms with Crippen molar-refractivity contribution in [1.82, 2.24) is 35.6 Å².